The van der Waals surface area contributed by atoms with Crippen LogP contribution in [0.25, 0.3) is 0 Å². The summed E-state index contributed by atoms with van der Waals surface area (Å²) in [7, 11) is -3.13. The molecule has 0 fully saturated rings. The summed E-state index contributed by atoms with van der Waals surface area (Å²) in [6.07, 6.45) is 0. The Hall–Kier alpha value is -0.0500. The summed E-state index contributed by atoms with van der Waals surface area (Å²) >= 11 is 0. The molecule has 0 saturated carbocycles. The number of rotatable bonds is 3. The lowest BCUT2D eigenvalue weighted by Gasteiger charge is -2.21. The van der Waals surface area contributed by atoms with Crippen molar-refractivity contribution in [2.45, 2.75) is 51.8 Å². The quantitative estimate of drug-likeness (QED) is 0.434. The molecule has 0 bridgehead atoms. The van der Waals surface area contributed by atoms with E-state index in [1.165, 1.54) is 0 Å². The molecule has 0 aliphatic carbocycles. The molecular formula is C11H26IN3O2S. The SMILES string of the molecule is CC(C)(C)NC(N)=NCCS(=O)(=O)C(C)(C)C.I. The largest absolute Gasteiger partial charge is 0.370 e. The van der Waals surface area contributed by atoms with Crippen molar-refractivity contribution in [2.75, 3.05) is 12.3 Å². The second kappa shape index (κ2) is 6.93. The van der Waals surface area contributed by atoms with E-state index in [0.717, 1.165) is 0 Å². The summed E-state index contributed by atoms with van der Waals surface area (Å²) in [5, 5.41) is 2.98. The van der Waals surface area contributed by atoms with Crippen LogP contribution in [0.3, 0.4) is 0 Å². The van der Waals surface area contributed by atoms with E-state index in [1.54, 1.807) is 20.8 Å². The van der Waals surface area contributed by atoms with Crippen LogP contribution >= 0.6 is 24.0 Å². The maximum absolute atomic E-state index is 11.8. The third-order valence-corrected chi connectivity index (χ3v) is 4.66. The van der Waals surface area contributed by atoms with Crippen molar-refractivity contribution < 1.29 is 8.42 Å². The van der Waals surface area contributed by atoms with E-state index in [2.05, 4.69) is 10.3 Å². The second-order valence-corrected chi connectivity index (χ2v) is 8.94. The molecule has 0 aromatic rings. The molecule has 18 heavy (non-hydrogen) atoms. The zero-order chi connectivity index (χ0) is 13.9. The number of nitrogens with two attached hydrogens (primary N) is 1. The fraction of sp³-hybridized carbons (Fsp3) is 0.909. The van der Waals surface area contributed by atoms with E-state index in [9.17, 15) is 8.42 Å². The van der Waals surface area contributed by atoms with E-state index in [1.807, 2.05) is 20.8 Å². The number of nitrogens with zero attached hydrogens (tertiary/aromatic N) is 1. The lowest BCUT2D eigenvalue weighted by Crippen LogP contribution is -2.45. The van der Waals surface area contributed by atoms with Crippen molar-refractivity contribution in [1.82, 2.24) is 5.32 Å². The zero-order valence-electron chi connectivity index (χ0n) is 12.1. The van der Waals surface area contributed by atoms with Crippen LogP contribution in [0, 0.1) is 0 Å². The van der Waals surface area contributed by atoms with Crippen LogP contribution in [0.2, 0.25) is 0 Å². The topological polar surface area (TPSA) is 84.5 Å². The Kier molecular flexibility index (Phi) is 7.80. The molecule has 110 valence electrons. The van der Waals surface area contributed by atoms with E-state index in [0.29, 0.717) is 0 Å². The predicted molar refractivity (Wildman–Crippen MR) is 88.3 cm³/mol. The highest BCUT2D eigenvalue weighted by molar-refractivity contribution is 14.0. The van der Waals surface area contributed by atoms with Gasteiger partial charge in [0.25, 0.3) is 0 Å². The first-order chi connectivity index (χ1) is 7.35. The Morgan fingerprint density at radius 2 is 1.61 bits per heavy atom. The number of hydrogen-bond acceptors (Lipinski definition) is 3. The fourth-order valence-electron chi connectivity index (χ4n) is 1.02. The monoisotopic (exact) mass is 391 g/mol. The van der Waals surface area contributed by atoms with Gasteiger partial charge in [-0.2, -0.15) is 0 Å². The lowest BCUT2D eigenvalue weighted by molar-refractivity contribution is 0.508. The van der Waals surface area contributed by atoms with E-state index >= 15 is 0 Å². The number of nitrogens with one attached hydrogen (secondary N) is 1. The van der Waals surface area contributed by atoms with E-state index < -0.39 is 14.6 Å². The van der Waals surface area contributed by atoms with Gasteiger partial charge < -0.3 is 11.1 Å². The van der Waals surface area contributed by atoms with Crippen molar-refractivity contribution in [3.63, 3.8) is 0 Å². The van der Waals surface area contributed by atoms with Gasteiger partial charge in [0.15, 0.2) is 15.8 Å². The second-order valence-electron chi connectivity index (χ2n) is 6.07. The first kappa shape index (κ1) is 20.3. The Labute approximate surface area is 128 Å². The van der Waals surface area contributed by atoms with Crippen molar-refractivity contribution >= 4 is 39.8 Å². The van der Waals surface area contributed by atoms with Gasteiger partial charge in [0.1, 0.15) is 0 Å². The molecule has 0 unspecified atom stereocenters. The molecule has 7 heteroatoms. The number of guanidine groups is 1. The molecule has 0 amide bonds. The first-order valence-corrected chi connectivity index (χ1v) is 7.31. The summed E-state index contributed by atoms with van der Waals surface area (Å²) in [4.78, 5) is 4.01. The van der Waals surface area contributed by atoms with Gasteiger partial charge in [-0.25, -0.2) is 8.42 Å². The van der Waals surface area contributed by atoms with Gasteiger partial charge in [0.2, 0.25) is 0 Å². The highest BCUT2D eigenvalue weighted by Gasteiger charge is 2.28. The molecule has 0 aromatic heterocycles. The van der Waals surface area contributed by atoms with Crippen molar-refractivity contribution in [2.24, 2.45) is 10.7 Å². The molecule has 0 rings (SSSR count). The van der Waals surface area contributed by atoms with Crippen LogP contribution in [0.5, 0.6) is 0 Å². The molecule has 0 spiro atoms. The Morgan fingerprint density at radius 3 is 1.94 bits per heavy atom. The van der Waals surface area contributed by atoms with Crippen LogP contribution in [0.4, 0.5) is 0 Å². The molecule has 3 N–H and O–H groups in total. The van der Waals surface area contributed by atoms with Gasteiger partial charge in [0.05, 0.1) is 17.0 Å². The lowest BCUT2D eigenvalue weighted by atomic mass is 10.1. The molecule has 0 aliphatic rings. The summed E-state index contributed by atoms with van der Waals surface area (Å²) in [6, 6.07) is 0. The Morgan fingerprint density at radius 1 is 1.17 bits per heavy atom. The summed E-state index contributed by atoms with van der Waals surface area (Å²) in [5.41, 5.74) is 5.47. The molecule has 0 radical (unpaired) electrons. The van der Waals surface area contributed by atoms with E-state index in [-0.39, 0.29) is 47.8 Å². The molecule has 0 aromatic carbocycles. The third-order valence-electron chi connectivity index (χ3n) is 2.08. The Bertz CT molecular complexity index is 378. The number of aliphatic imine (C=N–C) groups is 1. The van der Waals surface area contributed by atoms with Crippen molar-refractivity contribution in [3.8, 4) is 0 Å². The normalized spacial score (nSPS) is 14.0. The molecule has 0 atom stereocenters. The van der Waals surface area contributed by atoms with Crippen LogP contribution in [0.15, 0.2) is 4.99 Å². The molecule has 0 heterocycles. The van der Waals surface area contributed by atoms with Gasteiger partial charge in [-0.1, -0.05) is 0 Å². The molecule has 0 aliphatic heterocycles. The highest BCUT2D eigenvalue weighted by atomic mass is 127. The van der Waals surface area contributed by atoms with Crippen LogP contribution in [0.1, 0.15) is 41.5 Å². The van der Waals surface area contributed by atoms with Crippen LogP contribution in [-0.4, -0.2) is 37.0 Å². The molecular weight excluding hydrogens is 365 g/mol. The number of sulfone groups is 1. The van der Waals surface area contributed by atoms with E-state index in [4.69, 9.17) is 5.73 Å². The van der Waals surface area contributed by atoms with Gasteiger partial charge >= 0.3 is 0 Å². The van der Waals surface area contributed by atoms with Gasteiger partial charge in [-0.3, -0.25) is 4.99 Å². The first-order valence-electron chi connectivity index (χ1n) is 5.65. The standard InChI is InChI=1S/C11H25N3O2S.HI/c1-10(2,3)14-9(12)13-7-8-17(15,16)11(4,5)6;/h7-8H2,1-6H3,(H3,12,13,14);1H. The number of halogens is 1. The summed E-state index contributed by atoms with van der Waals surface area (Å²) in [6.45, 7) is 11.1. The molecule has 0 saturated heterocycles. The summed E-state index contributed by atoms with van der Waals surface area (Å²) in [5.74, 6) is 0.296. The van der Waals surface area contributed by atoms with Crippen molar-refractivity contribution in [3.05, 3.63) is 0 Å². The zero-order valence-corrected chi connectivity index (χ0v) is 15.2. The van der Waals surface area contributed by atoms with Gasteiger partial charge in [-0.15, -0.1) is 24.0 Å². The minimum absolute atomic E-state index is 0. The highest BCUT2D eigenvalue weighted by Crippen LogP contribution is 2.15. The average Bonchev–Trinajstić information content (AvgIpc) is 1.97. The summed E-state index contributed by atoms with van der Waals surface area (Å²) < 4.78 is 22.8. The minimum Gasteiger partial charge on any atom is -0.370 e. The minimum atomic E-state index is -3.13. The maximum atomic E-state index is 11.8. The molecule has 5 nitrogen and oxygen atoms in total. The van der Waals surface area contributed by atoms with Gasteiger partial charge in [0, 0.05) is 5.54 Å². The number of hydrogen-bond donors (Lipinski definition) is 2. The smallest absolute Gasteiger partial charge is 0.189 e. The van der Waals surface area contributed by atoms with Crippen LogP contribution < -0.4 is 11.1 Å². The third kappa shape index (κ3) is 8.12. The van der Waals surface area contributed by atoms with Crippen molar-refractivity contribution in [1.29, 1.82) is 0 Å². The maximum Gasteiger partial charge on any atom is 0.189 e. The predicted octanol–water partition coefficient (Wildman–Crippen LogP) is 1.52. The fourth-order valence-corrected chi connectivity index (χ4v) is 1.96. The average molecular weight is 391 g/mol. The Balaban J connectivity index is 0. The van der Waals surface area contributed by atoms with Gasteiger partial charge in [-0.05, 0) is 41.5 Å². The van der Waals surface area contributed by atoms with Crippen LogP contribution in [-0.2, 0) is 9.84 Å².